The largest absolute Gasteiger partial charge is 0.307 e. The third kappa shape index (κ3) is 4.72. The number of hydrogen-bond acceptors (Lipinski definition) is 4. The zero-order valence-electron chi connectivity index (χ0n) is 10.3. The molecule has 1 aromatic rings. The zero-order valence-corrected chi connectivity index (χ0v) is 12.0. The van der Waals surface area contributed by atoms with Crippen molar-refractivity contribution in [3.05, 3.63) is 16.1 Å². The molecule has 0 aliphatic heterocycles. The molecule has 1 rings (SSSR count). The molecule has 1 aromatic heterocycles. The van der Waals surface area contributed by atoms with Crippen molar-refractivity contribution in [3.63, 3.8) is 0 Å². The smallest absolute Gasteiger partial charge is 0.0897 e. The Morgan fingerprint density at radius 3 is 2.75 bits per heavy atom. The first-order valence-electron chi connectivity index (χ1n) is 5.47. The molecule has 1 N–H and O–H groups in total. The van der Waals surface area contributed by atoms with Gasteiger partial charge < -0.3 is 5.32 Å². The molecule has 0 fully saturated rings. The first-order valence-corrected chi connectivity index (χ1v) is 8.01. The Kier molecular flexibility index (Phi) is 5.58. The molecular formula is C11H20N2OS2. The Morgan fingerprint density at radius 1 is 1.56 bits per heavy atom. The monoisotopic (exact) mass is 260 g/mol. The van der Waals surface area contributed by atoms with Crippen molar-refractivity contribution in [1.29, 1.82) is 0 Å². The van der Waals surface area contributed by atoms with Crippen LogP contribution in [0.15, 0.2) is 6.20 Å². The number of thiazole rings is 1. The zero-order chi connectivity index (χ0) is 12.1. The van der Waals surface area contributed by atoms with Crippen LogP contribution in [0.3, 0.4) is 0 Å². The van der Waals surface area contributed by atoms with Crippen LogP contribution >= 0.6 is 11.3 Å². The topological polar surface area (TPSA) is 42.0 Å². The van der Waals surface area contributed by atoms with E-state index in [1.165, 1.54) is 4.88 Å². The van der Waals surface area contributed by atoms with Gasteiger partial charge in [0.15, 0.2) is 0 Å². The minimum Gasteiger partial charge on any atom is -0.307 e. The molecule has 3 unspecified atom stereocenters. The van der Waals surface area contributed by atoms with Crippen LogP contribution in [-0.2, 0) is 10.8 Å². The van der Waals surface area contributed by atoms with Gasteiger partial charge in [0.1, 0.15) is 0 Å². The van der Waals surface area contributed by atoms with Crippen LogP contribution in [0, 0.1) is 6.92 Å². The van der Waals surface area contributed by atoms with E-state index >= 15 is 0 Å². The molecule has 0 bridgehead atoms. The van der Waals surface area contributed by atoms with Crippen LogP contribution in [0.1, 0.15) is 36.2 Å². The van der Waals surface area contributed by atoms with E-state index in [-0.39, 0.29) is 0 Å². The van der Waals surface area contributed by atoms with E-state index in [1.807, 2.05) is 13.1 Å². The van der Waals surface area contributed by atoms with E-state index in [9.17, 15) is 4.21 Å². The molecule has 3 nitrogen and oxygen atoms in total. The van der Waals surface area contributed by atoms with E-state index in [2.05, 4.69) is 24.1 Å². The fourth-order valence-corrected chi connectivity index (χ4v) is 3.00. The summed E-state index contributed by atoms with van der Waals surface area (Å²) in [5, 5.41) is 4.60. The minimum atomic E-state index is -0.691. The van der Waals surface area contributed by atoms with Gasteiger partial charge in [0.2, 0.25) is 0 Å². The molecule has 5 heteroatoms. The van der Waals surface area contributed by atoms with Gasteiger partial charge in [-0.25, -0.2) is 4.98 Å². The predicted molar refractivity (Wildman–Crippen MR) is 71.4 cm³/mol. The van der Waals surface area contributed by atoms with Gasteiger partial charge in [-0.05, 0) is 27.2 Å². The average molecular weight is 260 g/mol. The summed E-state index contributed by atoms with van der Waals surface area (Å²) in [6.07, 6.45) is 4.64. The molecule has 0 aliphatic carbocycles. The Hall–Kier alpha value is -0.260. The first kappa shape index (κ1) is 13.8. The molecule has 0 aliphatic rings. The summed E-state index contributed by atoms with van der Waals surface area (Å²) >= 11 is 1.73. The Bertz CT molecular complexity index is 352. The summed E-state index contributed by atoms with van der Waals surface area (Å²) in [5.41, 5.74) is 0. The quantitative estimate of drug-likeness (QED) is 0.853. The molecular weight excluding hydrogens is 240 g/mol. The number of aromatic nitrogens is 1. The third-order valence-corrected chi connectivity index (χ3v) is 4.34. The number of nitrogens with one attached hydrogen (secondary N) is 1. The van der Waals surface area contributed by atoms with Crippen LogP contribution < -0.4 is 5.32 Å². The molecule has 16 heavy (non-hydrogen) atoms. The number of hydrogen-bond donors (Lipinski definition) is 1. The molecule has 0 aromatic carbocycles. The Balaban J connectivity index is 2.39. The van der Waals surface area contributed by atoms with Gasteiger partial charge in [0.05, 0.1) is 5.01 Å². The maximum atomic E-state index is 11.0. The van der Waals surface area contributed by atoms with Gasteiger partial charge in [0.25, 0.3) is 0 Å². The van der Waals surface area contributed by atoms with Crippen molar-refractivity contribution in [2.24, 2.45) is 0 Å². The van der Waals surface area contributed by atoms with Crippen LogP contribution in [0.2, 0.25) is 0 Å². The maximum absolute atomic E-state index is 11.0. The molecule has 92 valence electrons. The maximum Gasteiger partial charge on any atom is 0.0897 e. The van der Waals surface area contributed by atoms with Crippen molar-refractivity contribution >= 4 is 22.1 Å². The van der Waals surface area contributed by atoms with Gasteiger partial charge in [-0.15, -0.1) is 11.3 Å². The Labute approximate surface area is 104 Å². The molecule has 0 amide bonds. The van der Waals surface area contributed by atoms with Crippen LogP contribution in [0.4, 0.5) is 0 Å². The second-order valence-corrected chi connectivity index (χ2v) is 6.96. The molecule has 0 saturated heterocycles. The predicted octanol–water partition coefficient (Wildman–Crippen LogP) is 2.26. The van der Waals surface area contributed by atoms with Crippen LogP contribution in [-0.4, -0.2) is 27.2 Å². The minimum absolute atomic E-state index is 0.325. The lowest BCUT2D eigenvalue weighted by Crippen LogP contribution is -2.29. The summed E-state index contributed by atoms with van der Waals surface area (Å²) in [4.78, 5) is 5.51. The standard InChI is InChI=1S/C11H20N2OS2/c1-8(5-6-16(4)14)13-9(2)11-7-12-10(3)15-11/h7-9,13H,5-6H2,1-4H3. The summed E-state index contributed by atoms with van der Waals surface area (Å²) in [7, 11) is -0.691. The summed E-state index contributed by atoms with van der Waals surface area (Å²) < 4.78 is 11.0. The highest BCUT2D eigenvalue weighted by Gasteiger charge is 2.11. The third-order valence-electron chi connectivity index (χ3n) is 2.44. The van der Waals surface area contributed by atoms with E-state index in [0.29, 0.717) is 12.1 Å². The molecule has 0 spiro atoms. The number of nitrogens with zero attached hydrogens (tertiary/aromatic N) is 1. The second-order valence-electron chi connectivity index (χ2n) is 4.14. The highest BCUT2D eigenvalue weighted by Crippen LogP contribution is 2.20. The van der Waals surface area contributed by atoms with Crippen LogP contribution in [0.25, 0.3) is 0 Å². The van der Waals surface area contributed by atoms with Crippen molar-refractivity contribution in [3.8, 4) is 0 Å². The van der Waals surface area contributed by atoms with Gasteiger partial charge in [-0.3, -0.25) is 4.21 Å². The molecule has 0 radical (unpaired) electrons. The molecule has 3 atom stereocenters. The number of aryl methyl sites for hydroxylation is 1. The van der Waals surface area contributed by atoms with Gasteiger partial charge in [-0.2, -0.15) is 0 Å². The Morgan fingerprint density at radius 2 is 2.25 bits per heavy atom. The van der Waals surface area contributed by atoms with E-state index in [0.717, 1.165) is 17.2 Å². The highest BCUT2D eigenvalue weighted by atomic mass is 32.2. The SMILES string of the molecule is Cc1ncc(C(C)NC(C)CCS(C)=O)s1. The van der Waals surface area contributed by atoms with E-state index in [1.54, 1.807) is 17.6 Å². The lowest BCUT2D eigenvalue weighted by atomic mass is 10.2. The van der Waals surface area contributed by atoms with Gasteiger partial charge in [0, 0.05) is 46.0 Å². The van der Waals surface area contributed by atoms with E-state index in [4.69, 9.17) is 0 Å². The van der Waals surface area contributed by atoms with E-state index < -0.39 is 10.8 Å². The van der Waals surface area contributed by atoms with Crippen LogP contribution in [0.5, 0.6) is 0 Å². The van der Waals surface area contributed by atoms with Gasteiger partial charge >= 0.3 is 0 Å². The summed E-state index contributed by atoms with van der Waals surface area (Å²) in [5.74, 6) is 0.766. The van der Waals surface area contributed by atoms with Crippen molar-refractivity contribution < 1.29 is 4.21 Å². The second kappa shape index (κ2) is 6.47. The lowest BCUT2D eigenvalue weighted by molar-refractivity contribution is 0.474. The summed E-state index contributed by atoms with van der Waals surface area (Å²) in [6.45, 7) is 6.30. The van der Waals surface area contributed by atoms with Crippen molar-refractivity contribution in [2.45, 2.75) is 39.3 Å². The normalized spacial score (nSPS) is 17.0. The van der Waals surface area contributed by atoms with Crippen molar-refractivity contribution in [1.82, 2.24) is 10.3 Å². The number of rotatable bonds is 6. The first-order chi connectivity index (χ1) is 7.49. The fourth-order valence-electron chi connectivity index (χ4n) is 1.51. The van der Waals surface area contributed by atoms with Gasteiger partial charge in [-0.1, -0.05) is 0 Å². The van der Waals surface area contributed by atoms with Crippen molar-refractivity contribution in [2.75, 3.05) is 12.0 Å². The average Bonchev–Trinajstić information content (AvgIpc) is 2.62. The fraction of sp³-hybridized carbons (Fsp3) is 0.727. The molecule has 0 saturated carbocycles. The highest BCUT2D eigenvalue weighted by molar-refractivity contribution is 7.84. The molecule has 1 heterocycles. The lowest BCUT2D eigenvalue weighted by Gasteiger charge is -2.18. The summed E-state index contributed by atoms with van der Waals surface area (Å²) in [6, 6.07) is 0.716.